The average molecular weight is 299 g/mol. The van der Waals surface area contributed by atoms with Gasteiger partial charge in [0.25, 0.3) is 0 Å². The molecule has 0 radical (unpaired) electrons. The standard InChI is InChI=1S/C13H11ClO4S/c1-6(13(17)18)2-10(16)12-5-8-9(14)3-7(15)4-11(8)19-12/h3-6,15H,2H2,1H3,(H,17,18)/t6-/m0/s1. The summed E-state index contributed by atoms with van der Waals surface area (Å²) < 4.78 is 0.705. The molecule has 0 aliphatic heterocycles. The fourth-order valence-corrected chi connectivity index (χ4v) is 3.08. The van der Waals surface area contributed by atoms with Gasteiger partial charge in [0.1, 0.15) is 5.75 Å². The van der Waals surface area contributed by atoms with Crippen molar-refractivity contribution in [2.45, 2.75) is 13.3 Å². The third kappa shape index (κ3) is 2.88. The number of thiophene rings is 1. The van der Waals surface area contributed by atoms with Gasteiger partial charge in [-0.2, -0.15) is 0 Å². The molecular weight excluding hydrogens is 288 g/mol. The zero-order valence-electron chi connectivity index (χ0n) is 10.0. The van der Waals surface area contributed by atoms with E-state index in [1.54, 1.807) is 6.07 Å². The highest BCUT2D eigenvalue weighted by Gasteiger charge is 2.19. The number of benzene rings is 1. The Morgan fingerprint density at radius 3 is 2.68 bits per heavy atom. The Bertz CT molecular complexity index is 662. The minimum atomic E-state index is -0.995. The summed E-state index contributed by atoms with van der Waals surface area (Å²) in [6.07, 6.45) is -0.0498. The highest BCUT2D eigenvalue weighted by Crippen LogP contribution is 2.35. The Morgan fingerprint density at radius 1 is 1.37 bits per heavy atom. The Kier molecular flexibility index (Phi) is 3.78. The summed E-state index contributed by atoms with van der Waals surface area (Å²) in [5.74, 6) is -1.91. The van der Waals surface area contributed by atoms with Crippen molar-refractivity contribution < 1.29 is 19.8 Å². The van der Waals surface area contributed by atoms with Crippen LogP contribution in [0.4, 0.5) is 0 Å². The smallest absolute Gasteiger partial charge is 0.306 e. The number of phenolic OH excluding ortho intramolecular Hbond substituents is 1. The van der Waals surface area contributed by atoms with Crippen LogP contribution < -0.4 is 0 Å². The number of carbonyl (C=O) groups excluding carboxylic acids is 1. The molecule has 1 atom stereocenters. The molecule has 0 spiro atoms. The van der Waals surface area contributed by atoms with E-state index in [2.05, 4.69) is 0 Å². The first-order chi connectivity index (χ1) is 8.88. The molecule has 0 unspecified atom stereocenters. The summed E-state index contributed by atoms with van der Waals surface area (Å²) in [5.41, 5.74) is 0. The van der Waals surface area contributed by atoms with E-state index in [0.29, 0.717) is 20.0 Å². The molecular formula is C13H11ClO4S. The average Bonchev–Trinajstić information content (AvgIpc) is 2.72. The summed E-state index contributed by atoms with van der Waals surface area (Å²) in [7, 11) is 0. The van der Waals surface area contributed by atoms with E-state index in [9.17, 15) is 14.7 Å². The molecule has 0 aliphatic rings. The van der Waals surface area contributed by atoms with Gasteiger partial charge in [0.05, 0.1) is 15.8 Å². The molecule has 0 amide bonds. The number of carboxylic acid groups (broad SMARTS) is 1. The van der Waals surface area contributed by atoms with Gasteiger partial charge in [0.2, 0.25) is 0 Å². The maximum atomic E-state index is 12.0. The largest absolute Gasteiger partial charge is 0.508 e. The first-order valence-corrected chi connectivity index (χ1v) is 6.76. The third-order valence-corrected chi connectivity index (χ3v) is 4.20. The number of carbonyl (C=O) groups is 2. The van der Waals surface area contributed by atoms with Crippen molar-refractivity contribution >= 4 is 44.8 Å². The molecule has 0 bridgehead atoms. The van der Waals surface area contributed by atoms with E-state index in [0.717, 1.165) is 0 Å². The number of aromatic hydroxyl groups is 1. The summed E-state index contributed by atoms with van der Waals surface area (Å²) >= 11 is 7.18. The van der Waals surface area contributed by atoms with E-state index in [-0.39, 0.29) is 18.0 Å². The fraction of sp³-hybridized carbons (Fsp3) is 0.231. The number of aliphatic carboxylic acids is 1. The van der Waals surface area contributed by atoms with Crippen LogP contribution in [0.3, 0.4) is 0 Å². The quantitative estimate of drug-likeness (QED) is 0.846. The van der Waals surface area contributed by atoms with Crippen LogP contribution in [0.15, 0.2) is 18.2 Å². The Balaban J connectivity index is 2.33. The highest BCUT2D eigenvalue weighted by molar-refractivity contribution is 7.21. The molecule has 2 N–H and O–H groups in total. The van der Waals surface area contributed by atoms with Crippen molar-refractivity contribution in [3.63, 3.8) is 0 Å². The highest BCUT2D eigenvalue weighted by atomic mass is 35.5. The number of ketones is 1. The molecule has 4 nitrogen and oxygen atoms in total. The zero-order chi connectivity index (χ0) is 14.2. The van der Waals surface area contributed by atoms with Crippen molar-refractivity contribution in [1.82, 2.24) is 0 Å². The third-order valence-electron chi connectivity index (χ3n) is 2.76. The van der Waals surface area contributed by atoms with Gasteiger partial charge >= 0.3 is 5.97 Å². The first kappa shape index (κ1) is 13.8. The molecule has 100 valence electrons. The first-order valence-electron chi connectivity index (χ1n) is 5.56. The van der Waals surface area contributed by atoms with Gasteiger partial charge in [-0.15, -0.1) is 11.3 Å². The molecule has 0 aliphatic carbocycles. The number of halogens is 1. The minimum Gasteiger partial charge on any atom is -0.508 e. The fourth-order valence-electron chi connectivity index (χ4n) is 1.69. The number of fused-ring (bicyclic) bond motifs is 1. The lowest BCUT2D eigenvalue weighted by molar-refractivity contribution is -0.141. The number of hydrogen-bond acceptors (Lipinski definition) is 4. The van der Waals surface area contributed by atoms with Gasteiger partial charge in [0, 0.05) is 16.5 Å². The lowest BCUT2D eigenvalue weighted by atomic mass is 10.0. The molecule has 6 heteroatoms. The van der Waals surface area contributed by atoms with Crippen LogP contribution in [-0.4, -0.2) is 22.0 Å². The van der Waals surface area contributed by atoms with Gasteiger partial charge in [0.15, 0.2) is 5.78 Å². The van der Waals surface area contributed by atoms with E-state index < -0.39 is 11.9 Å². The van der Waals surface area contributed by atoms with Crippen LogP contribution >= 0.6 is 22.9 Å². The second-order valence-corrected chi connectivity index (χ2v) is 5.81. The van der Waals surface area contributed by atoms with Crippen LogP contribution in [-0.2, 0) is 4.79 Å². The van der Waals surface area contributed by atoms with E-state index in [1.807, 2.05) is 0 Å². The van der Waals surface area contributed by atoms with Crippen molar-refractivity contribution in [3.8, 4) is 5.75 Å². The molecule has 1 aromatic heterocycles. The molecule has 1 aromatic carbocycles. The molecule has 2 aromatic rings. The predicted octanol–water partition coefficient (Wildman–Crippen LogP) is 3.55. The monoisotopic (exact) mass is 298 g/mol. The Morgan fingerprint density at radius 2 is 2.05 bits per heavy atom. The second kappa shape index (κ2) is 5.19. The number of phenols is 1. The second-order valence-electron chi connectivity index (χ2n) is 4.32. The maximum absolute atomic E-state index is 12.0. The summed E-state index contributed by atoms with van der Waals surface area (Å²) in [6.45, 7) is 1.49. The number of carboxylic acids is 1. The Hall–Kier alpha value is -1.59. The summed E-state index contributed by atoms with van der Waals surface area (Å²) in [4.78, 5) is 23.2. The van der Waals surface area contributed by atoms with Gasteiger partial charge < -0.3 is 10.2 Å². The van der Waals surface area contributed by atoms with Gasteiger partial charge in [-0.1, -0.05) is 18.5 Å². The van der Waals surface area contributed by atoms with Gasteiger partial charge in [-0.3, -0.25) is 9.59 Å². The molecule has 0 fully saturated rings. The number of hydrogen-bond donors (Lipinski definition) is 2. The minimum absolute atomic E-state index is 0.0391. The van der Waals surface area contributed by atoms with Crippen molar-refractivity contribution in [2.75, 3.05) is 0 Å². The molecule has 0 saturated carbocycles. The molecule has 2 rings (SSSR count). The van der Waals surface area contributed by atoms with Crippen molar-refractivity contribution in [3.05, 3.63) is 28.1 Å². The van der Waals surface area contributed by atoms with E-state index >= 15 is 0 Å². The zero-order valence-corrected chi connectivity index (χ0v) is 11.6. The van der Waals surface area contributed by atoms with Crippen LogP contribution in [0.2, 0.25) is 5.02 Å². The maximum Gasteiger partial charge on any atom is 0.306 e. The topological polar surface area (TPSA) is 74.6 Å². The molecule has 1 heterocycles. The van der Waals surface area contributed by atoms with E-state index in [4.69, 9.17) is 16.7 Å². The van der Waals surface area contributed by atoms with Gasteiger partial charge in [-0.05, 0) is 18.2 Å². The SMILES string of the molecule is C[C@@H](CC(=O)c1cc2c(Cl)cc(O)cc2s1)C(=O)O. The van der Waals surface area contributed by atoms with Crippen LogP contribution in [0.25, 0.3) is 10.1 Å². The number of Topliss-reactive ketones (excluding diaryl/α,β-unsaturated/α-hetero) is 1. The lowest BCUT2D eigenvalue weighted by Crippen LogP contribution is -2.13. The molecule has 19 heavy (non-hydrogen) atoms. The van der Waals surface area contributed by atoms with Crippen molar-refractivity contribution in [2.24, 2.45) is 5.92 Å². The summed E-state index contributed by atoms with van der Waals surface area (Å²) in [6, 6.07) is 4.58. The lowest BCUT2D eigenvalue weighted by Gasteiger charge is -2.02. The van der Waals surface area contributed by atoms with Crippen LogP contribution in [0.1, 0.15) is 23.0 Å². The van der Waals surface area contributed by atoms with Crippen LogP contribution in [0.5, 0.6) is 5.75 Å². The Labute approximate surface area is 118 Å². The predicted molar refractivity (Wildman–Crippen MR) is 74.2 cm³/mol. The normalized spacial score (nSPS) is 12.5. The van der Waals surface area contributed by atoms with E-state index in [1.165, 1.54) is 30.4 Å². The number of rotatable bonds is 4. The summed E-state index contributed by atoms with van der Waals surface area (Å²) in [5, 5.41) is 19.3. The van der Waals surface area contributed by atoms with Crippen LogP contribution in [0, 0.1) is 5.92 Å². The van der Waals surface area contributed by atoms with Gasteiger partial charge in [-0.25, -0.2) is 0 Å². The molecule has 0 saturated heterocycles. The van der Waals surface area contributed by atoms with Crippen molar-refractivity contribution in [1.29, 1.82) is 0 Å².